The van der Waals surface area contributed by atoms with Crippen LogP contribution in [-0.4, -0.2) is 54.3 Å². The first-order valence-electron chi connectivity index (χ1n) is 9.95. The van der Waals surface area contributed by atoms with E-state index < -0.39 is 15.8 Å². The van der Waals surface area contributed by atoms with E-state index in [-0.39, 0.29) is 35.9 Å². The lowest BCUT2D eigenvalue weighted by atomic mass is 10.1. The van der Waals surface area contributed by atoms with Crippen LogP contribution in [-0.2, 0) is 27.8 Å². The smallest absolute Gasteiger partial charge is 0.408 e. The van der Waals surface area contributed by atoms with Crippen LogP contribution in [0.3, 0.4) is 0 Å². The van der Waals surface area contributed by atoms with Crippen LogP contribution in [0.1, 0.15) is 12.5 Å². The lowest BCUT2D eigenvalue weighted by Gasteiger charge is -2.34. The van der Waals surface area contributed by atoms with Gasteiger partial charge in [-0.2, -0.15) is 4.31 Å². The van der Waals surface area contributed by atoms with E-state index in [4.69, 9.17) is 16.0 Å². The largest absolute Gasteiger partial charge is 0.419 e. The van der Waals surface area contributed by atoms with Crippen molar-refractivity contribution in [3.05, 3.63) is 63.6 Å². The van der Waals surface area contributed by atoms with Crippen LogP contribution in [0.15, 0.2) is 56.6 Å². The number of halogens is 1. The van der Waals surface area contributed by atoms with Gasteiger partial charge in [-0.1, -0.05) is 23.7 Å². The van der Waals surface area contributed by atoms with E-state index in [2.05, 4.69) is 0 Å². The molecule has 1 amide bonds. The Morgan fingerprint density at radius 1 is 1.06 bits per heavy atom. The Morgan fingerprint density at radius 3 is 2.39 bits per heavy atom. The third-order valence-electron chi connectivity index (χ3n) is 5.45. The average Bonchev–Trinajstić information content (AvgIpc) is 3.09. The molecule has 4 rings (SSSR count). The number of amides is 1. The number of sulfonamides is 1. The zero-order valence-corrected chi connectivity index (χ0v) is 18.5. The summed E-state index contributed by atoms with van der Waals surface area (Å²) >= 11 is 5.87. The molecular weight excluding hydrogens is 442 g/mol. The molecule has 0 bridgehead atoms. The van der Waals surface area contributed by atoms with Gasteiger partial charge in [0.1, 0.15) is 0 Å². The number of hydrogen-bond donors (Lipinski definition) is 0. The van der Waals surface area contributed by atoms with Crippen LogP contribution in [0.5, 0.6) is 0 Å². The molecule has 1 aliphatic heterocycles. The molecule has 8 nitrogen and oxygen atoms in total. The van der Waals surface area contributed by atoms with Gasteiger partial charge in [0.25, 0.3) is 0 Å². The molecular formula is C21H22ClN3O5S. The maximum absolute atomic E-state index is 13.1. The second kappa shape index (κ2) is 8.49. The summed E-state index contributed by atoms with van der Waals surface area (Å²) in [6, 6.07) is 11.5. The number of piperazine rings is 1. The summed E-state index contributed by atoms with van der Waals surface area (Å²) in [7, 11) is -3.77. The van der Waals surface area contributed by atoms with Gasteiger partial charge in [-0.05, 0) is 36.8 Å². The molecule has 1 saturated heterocycles. The van der Waals surface area contributed by atoms with Crippen molar-refractivity contribution < 1.29 is 17.6 Å². The summed E-state index contributed by atoms with van der Waals surface area (Å²) in [5.41, 5.74) is 1.66. The first kappa shape index (κ1) is 21.6. The monoisotopic (exact) mass is 463 g/mol. The van der Waals surface area contributed by atoms with Crippen LogP contribution < -0.4 is 5.76 Å². The van der Waals surface area contributed by atoms with E-state index in [1.807, 2.05) is 6.92 Å². The van der Waals surface area contributed by atoms with Gasteiger partial charge >= 0.3 is 5.76 Å². The standard InChI is InChI=1S/C21H22ClN3O5S/c1-2-25-18-8-7-17(14-19(18)30-21(25)27)31(28,29)24-11-9-23(10-12-24)20(26)13-15-3-5-16(22)6-4-15/h3-8,14H,2,9-13H2,1H3. The van der Waals surface area contributed by atoms with Crippen LogP contribution in [0.2, 0.25) is 5.02 Å². The normalized spacial score (nSPS) is 15.5. The van der Waals surface area contributed by atoms with Gasteiger partial charge in [0.05, 0.1) is 16.8 Å². The number of aromatic nitrogens is 1. The number of hydrogen-bond acceptors (Lipinski definition) is 5. The summed E-state index contributed by atoms with van der Waals surface area (Å²) in [4.78, 5) is 26.2. The van der Waals surface area contributed by atoms with Crippen molar-refractivity contribution in [3.63, 3.8) is 0 Å². The summed E-state index contributed by atoms with van der Waals surface area (Å²) in [5.74, 6) is -0.566. The van der Waals surface area contributed by atoms with Gasteiger partial charge in [-0.3, -0.25) is 9.36 Å². The maximum atomic E-state index is 13.1. The summed E-state index contributed by atoms with van der Waals surface area (Å²) in [5, 5.41) is 0.610. The molecule has 3 aromatic rings. The zero-order chi connectivity index (χ0) is 22.2. The second-order valence-corrected chi connectivity index (χ2v) is 9.70. The van der Waals surface area contributed by atoms with E-state index in [0.29, 0.717) is 30.2 Å². The third-order valence-corrected chi connectivity index (χ3v) is 7.60. The first-order chi connectivity index (χ1) is 14.8. The van der Waals surface area contributed by atoms with Gasteiger partial charge in [0.15, 0.2) is 5.58 Å². The van der Waals surface area contributed by atoms with Gasteiger partial charge < -0.3 is 9.32 Å². The Balaban J connectivity index is 1.45. The highest BCUT2D eigenvalue weighted by molar-refractivity contribution is 7.89. The van der Waals surface area contributed by atoms with E-state index >= 15 is 0 Å². The highest BCUT2D eigenvalue weighted by atomic mass is 35.5. The summed E-state index contributed by atoms with van der Waals surface area (Å²) in [6.07, 6.45) is 0.244. The molecule has 0 radical (unpaired) electrons. The minimum absolute atomic E-state index is 0.0523. The number of oxazole rings is 1. The minimum atomic E-state index is -3.77. The predicted molar refractivity (Wildman–Crippen MR) is 117 cm³/mol. The molecule has 0 atom stereocenters. The van der Waals surface area contributed by atoms with Gasteiger partial charge in [-0.25, -0.2) is 13.2 Å². The minimum Gasteiger partial charge on any atom is -0.408 e. The fourth-order valence-electron chi connectivity index (χ4n) is 3.72. The number of fused-ring (bicyclic) bond motifs is 1. The number of benzene rings is 2. The van der Waals surface area contributed by atoms with Gasteiger partial charge in [-0.15, -0.1) is 0 Å². The van der Waals surface area contributed by atoms with Crippen molar-refractivity contribution >= 4 is 38.6 Å². The highest BCUT2D eigenvalue weighted by Crippen LogP contribution is 2.23. The molecule has 31 heavy (non-hydrogen) atoms. The van der Waals surface area contributed by atoms with Gasteiger partial charge in [0.2, 0.25) is 15.9 Å². The molecule has 1 aromatic heterocycles. The lowest BCUT2D eigenvalue weighted by Crippen LogP contribution is -2.50. The Labute approximate surface area is 184 Å². The molecule has 164 valence electrons. The fourth-order valence-corrected chi connectivity index (χ4v) is 5.29. The Morgan fingerprint density at radius 2 is 1.74 bits per heavy atom. The maximum Gasteiger partial charge on any atom is 0.419 e. The van der Waals surface area contributed by atoms with Gasteiger partial charge in [0, 0.05) is 43.8 Å². The number of rotatable bonds is 5. The number of carbonyl (C=O) groups excluding carboxylic acids is 1. The zero-order valence-electron chi connectivity index (χ0n) is 17.0. The summed E-state index contributed by atoms with van der Waals surface area (Å²) in [6.45, 7) is 3.28. The topological polar surface area (TPSA) is 92.8 Å². The van der Waals surface area contributed by atoms with Crippen molar-refractivity contribution in [2.24, 2.45) is 0 Å². The van der Waals surface area contributed by atoms with Crippen molar-refractivity contribution in [2.45, 2.75) is 24.8 Å². The van der Waals surface area contributed by atoms with Crippen molar-refractivity contribution in [2.75, 3.05) is 26.2 Å². The molecule has 0 N–H and O–H groups in total. The Hall–Kier alpha value is -2.62. The summed E-state index contributed by atoms with van der Waals surface area (Å²) < 4.78 is 34.1. The molecule has 2 heterocycles. The third kappa shape index (κ3) is 4.26. The van der Waals surface area contributed by atoms with E-state index in [0.717, 1.165) is 5.56 Å². The number of nitrogens with zero attached hydrogens (tertiary/aromatic N) is 3. The van der Waals surface area contributed by atoms with E-state index in [9.17, 15) is 18.0 Å². The molecule has 0 spiro atoms. The fraction of sp³-hybridized carbons (Fsp3) is 0.333. The lowest BCUT2D eigenvalue weighted by molar-refractivity contribution is -0.131. The average molecular weight is 464 g/mol. The van der Waals surface area contributed by atoms with Crippen LogP contribution in [0, 0.1) is 0 Å². The second-order valence-electron chi connectivity index (χ2n) is 7.33. The first-order valence-corrected chi connectivity index (χ1v) is 11.8. The Bertz CT molecular complexity index is 1270. The number of aryl methyl sites for hydroxylation is 1. The highest BCUT2D eigenvalue weighted by Gasteiger charge is 2.30. The SMILES string of the molecule is CCn1c(=O)oc2cc(S(=O)(=O)N3CCN(C(=O)Cc4ccc(Cl)cc4)CC3)ccc21. The van der Waals surface area contributed by atoms with Crippen LogP contribution >= 0.6 is 11.6 Å². The van der Waals surface area contributed by atoms with Crippen molar-refractivity contribution in [3.8, 4) is 0 Å². The van der Waals surface area contributed by atoms with E-state index in [1.54, 1.807) is 35.2 Å². The van der Waals surface area contributed by atoms with Crippen molar-refractivity contribution in [1.82, 2.24) is 13.8 Å². The van der Waals surface area contributed by atoms with Crippen molar-refractivity contribution in [1.29, 1.82) is 0 Å². The molecule has 0 unspecified atom stereocenters. The van der Waals surface area contributed by atoms with Crippen LogP contribution in [0.4, 0.5) is 0 Å². The molecule has 0 aliphatic carbocycles. The number of carbonyl (C=O) groups is 1. The van der Waals surface area contributed by atoms with E-state index in [1.165, 1.54) is 21.0 Å². The molecule has 1 aliphatic rings. The van der Waals surface area contributed by atoms with Crippen LogP contribution in [0.25, 0.3) is 11.1 Å². The molecule has 1 fully saturated rings. The molecule has 2 aromatic carbocycles. The Kier molecular flexibility index (Phi) is 5.92. The molecule has 0 saturated carbocycles. The predicted octanol–water partition coefficient (Wildman–Crippen LogP) is 2.34. The quantitative estimate of drug-likeness (QED) is 0.579. The molecule has 10 heteroatoms.